The number of thiophene rings is 1. The number of carbonyl (C=O) groups is 1. The van der Waals surface area contributed by atoms with Crippen molar-refractivity contribution in [1.82, 2.24) is 19.7 Å². The van der Waals surface area contributed by atoms with Crippen LogP contribution in [0.25, 0.3) is 5.95 Å². The van der Waals surface area contributed by atoms with Crippen LogP contribution < -0.4 is 5.32 Å². The Morgan fingerprint density at radius 2 is 2.00 bits per heavy atom. The molecule has 0 radical (unpaired) electrons. The summed E-state index contributed by atoms with van der Waals surface area (Å²) in [5.41, 5.74) is 2.36. The molecule has 1 N–H and O–H groups in total. The molecule has 3 rings (SSSR count). The van der Waals surface area contributed by atoms with Crippen molar-refractivity contribution in [2.24, 2.45) is 0 Å². The maximum atomic E-state index is 12.0. The summed E-state index contributed by atoms with van der Waals surface area (Å²) in [6.45, 7) is 3.84. The third-order valence-electron chi connectivity index (χ3n) is 2.89. The Hall–Kier alpha value is -2.25. The van der Waals surface area contributed by atoms with Crippen LogP contribution in [0.3, 0.4) is 0 Å². The van der Waals surface area contributed by atoms with E-state index in [1.165, 1.54) is 11.3 Å². The maximum Gasteiger partial charge on any atom is 0.265 e. The standard InChI is InChI=1S/C14H12ClN5OS/c1-8-5-9(2)20(19-8)14-16-6-10(7-17-14)18-13(21)11-3-4-12(15)22-11/h3-7H,1-2H3,(H,18,21). The lowest BCUT2D eigenvalue weighted by molar-refractivity contribution is 0.103. The van der Waals surface area contributed by atoms with Gasteiger partial charge in [0.15, 0.2) is 0 Å². The van der Waals surface area contributed by atoms with E-state index in [2.05, 4.69) is 20.4 Å². The van der Waals surface area contributed by atoms with Gasteiger partial charge in [0, 0.05) is 5.69 Å². The molecule has 0 spiro atoms. The van der Waals surface area contributed by atoms with Crippen LogP contribution in [-0.2, 0) is 0 Å². The molecule has 0 saturated heterocycles. The van der Waals surface area contributed by atoms with Gasteiger partial charge in [-0.25, -0.2) is 14.6 Å². The van der Waals surface area contributed by atoms with Crippen molar-refractivity contribution >= 4 is 34.5 Å². The molecule has 0 unspecified atom stereocenters. The summed E-state index contributed by atoms with van der Waals surface area (Å²) in [6, 6.07) is 5.30. The van der Waals surface area contributed by atoms with E-state index in [0.717, 1.165) is 11.4 Å². The van der Waals surface area contributed by atoms with Crippen molar-refractivity contribution in [3.63, 3.8) is 0 Å². The van der Waals surface area contributed by atoms with Gasteiger partial charge in [0.25, 0.3) is 11.9 Å². The van der Waals surface area contributed by atoms with E-state index in [4.69, 9.17) is 11.6 Å². The minimum Gasteiger partial charge on any atom is -0.319 e. The minimum absolute atomic E-state index is 0.237. The first-order valence-corrected chi connectivity index (χ1v) is 7.65. The van der Waals surface area contributed by atoms with E-state index in [-0.39, 0.29) is 5.91 Å². The summed E-state index contributed by atoms with van der Waals surface area (Å²) in [4.78, 5) is 21.0. The van der Waals surface area contributed by atoms with E-state index in [9.17, 15) is 4.79 Å². The van der Waals surface area contributed by atoms with Crippen LogP contribution in [0.1, 0.15) is 21.1 Å². The molecule has 6 nitrogen and oxygen atoms in total. The Morgan fingerprint density at radius 1 is 1.27 bits per heavy atom. The number of hydrogen-bond acceptors (Lipinski definition) is 5. The number of hydrogen-bond donors (Lipinski definition) is 1. The molecule has 0 fully saturated rings. The summed E-state index contributed by atoms with van der Waals surface area (Å²) in [5, 5.41) is 7.04. The second kappa shape index (κ2) is 5.86. The summed E-state index contributed by atoms with van der Waals surface area (Å²) in [5.74, 6) is 0.224. The predicted octanol–water partition coefficient (Wildman–Crippen LogP) is 3.25. The van der Waals surface area contributed by atoms with E-state index < -0.39 is 0 Å². The Bertz CT molecular complexity index is 824. The van der Waals surface area contributed by atoms with E-state index >= 15 is 0 Å². The number of aromatic nitrogens is 4. The highest BCUT2D eigenvalue weighted by molar-refractivity contribution is 7.18. The molecule has 0 bridgehead atoms. The Kier molecular flexibility index (Phi) is 3.91. The van der Waals surface area contributed by atoms with Gasteiger partial charge in [0.05, 0.1) is 33.0 Å². The normalized spacial score (nSPS) is 10.7. The molecular weight excluding hydrogens is 322 g/mol. The van der Waals surface area contributed by atoms with Crippen molar-refractivity contribution in [3.05, 3.63) is 51.2 Å². The van der Waals surface area contributed by atoms with E-state index in [1.807, 2.05) is 19.9 Å². The first-order valence-electron chi connectivity index (χ1n) is 6.45. The number of nitrogens with one attached hydrogen (secondary N) is 1. The third kappa shape index (κ3) is 3.00. The third-order valence-corrected chi connectivity index (χ3v) is 4.12. The zero-order valence-corrected chi connectivity index (χ0v) is 13.4. The summed E-state index contributed by atoms with van der Waals surface area (Å²) in [7, 11) is 0. The number of rotatable bonds is 3. The minimum atomic E-state index is -0.237. The number of aryl methyl sites for hydroxylation is 2. The van der Waals surface area contributed by atoms with Crippen molar-refractivity contribution in [2.45, 2.75) is 13.8 Å². The van der Waals surface area contributed by atoms with Crippen LogP contribution in [0.2, 0.25) is 4.34 Å². The second-order valence-corrected chi connectivity index (χ2v) is 6.38. The molecule has 0 aliphatic carbocycles. The Balaban J connectivity index is 1.77. The highest BCUT2D eigenvalue weighted by atomic mass is 35.5. The molecule has 3 heterocycles. The molecule has 22 heavy (non-hydrogen) atoms. The molecule has 0 aromatic carbocycles. The number of halogens is 1. The number of carbonyl (C=O) groups excluding carboxylic acids is 1. The molecule has 0 saturated carbocycles. The van der Waals surface area contributed by atoms with Crippen molar-refractivity contribution in [1.29, 1.82) is 0 Å². The summed E-state index contributed by atoms with van der Waals surface area (Å²) in [6.07, 6.45) is 3.10. The highest BCUT2D eigenvalue weighted by Crippen LogP contribution is 2.22. The fraction of sp³-hybridized carbons (Fsp3) is 0.143. The van der Waals surface area contributed by atoms with Gasteiger partial charge in [-0.2, -0.15) is 5.10 Å². The average molecular weight is 334 g/mol. The predicted molar refractivity (Wildman–Crippen MR) is 85.9 cm³/mol. The van der Waals surface area contributed by atoms with Gasteiger partial charge in [0.2, 0.25) is 0 Å². The Labute approximate surface area is 135 Å². The van der Waals surface area contributed by atoms with Gasteiger partial charge in [-0.15, -0.1) is 11.3 Å². The Morgan fingerprint density at radius 3 is 2.55 bits per heavy atom. The van der Waals surface area contributed by atoms with Crippen LogP contribution in [0, 0.1) is 13.8 Å². The lowest BCUT2D eigenvalue weighted by Gasteiger charge is -2.05. The topological polar surface area (TPSA) is 72.7 Å². The van der Waals surface area contributed by atoms with Crippen LogP contribution in [0.15, 0.2) is 30.6 Å². The molecule has 0 aliphatic heterocycles. The number of amides is 1. The van der Waals surface area contributed by atoms with Crippen LogP contribution in [0.5, 0.6) is 0 Å². The fourth-order valence-corrected chi connectivity index (χ4v) is 2.89. The summed E-state index contributed by atoms with van der Waals surface area (Å²) < 4.78 is 2.22. The zero-order valence-electron chi connectivity index (χ0n) is 11.9. The molecular formula is C14H12ClN5OS. The van der Waals surface area contributed by atoms with Gasteiger partial charge in [-0.3, -0.25) is 4.79 Å². The quantitative estimate of drug-likeness (QED) is 0.798. The zero-order chi connectivity index (χ0) is 15.7. The molecule has 0 aliphatic rings. The fourth-order valence-electron chi connectivity index (χ4n) is 1.96. The second-order valence-electron chi connectivity index (χ2n) is 4.67. The molecule has 3 aromatic rings. The number of anilines is 1. The van der Waals surface area contributed by atoms with Gasteiger partial charge in [0.1, 0.15) is 0 Å². The average Bonchev–Trinajstić information content (AvgIpc) is 3.05. The van der Waals surface area contributed by atoms with Gasteiger partial charge >= 0.3 is 0 Å². The molecule has 8 heteroatoms. The SMILES string of the molecule is Cc1cc(C)n(-c2ncc(NC(=O)c3ccc(Cl)s3)cn2)n1. The molecule has 3 aromatic heterocycles. The lowest BCUT2D eigenvalue weighted by Crippen LogP contribution is -2.12. The van der Waals surface area contributed by atoms with Crippen LogP contribution in [-0.4, -0.2) is 25.7 Å². The largest absolute Gasteiger partial charge is 0.319 e. The van der Waals surface area contributed by atoms with E-state index in [0.29, 0.717) is 20.8 Å². The first kappa shape index (κ1) is 14.7. The molecule has 1 amide bonds. The number of nitrogens with zero attached hydrogens (tertiary/aromatic N) is 4. The van der Waals surface area contributed by atoms with Crippen molar-refractivity contribution in [2.75, 3.05) is 5.32 Å². The van der Waals surface area contributed by atoms with Gasteiger partial charge in [-0.05, 0) is 32.0 Å². The molecule has 112 valence electrons. The molecule has 0 atom stereocenters. The highest BCUT2D eigenvalue weighted by Gasteiger charge is 2.10. The monoisotopic (exact) mass is 333 g/mol. The van der Waals surface area contributed by atoms with Gasteiger partial charge < -0.3 is 5.32 Å². The lowest BCUT2D eigenvalue weighted by atomic mass is 10.4. The van der Waals surface area contributed by atoms with Crippen LogP contribution in [0.4, 0.5) is 5.69 Å². The van der Waals surface area contributed by atoms with Crippen LogP contribution >= 0.6 is 22.9 Å². The van der Waals surface area contributed by atoms with Crippen molar-refractivity contribution in [3.8, 4) is 5.95 Å². The smallest absolute Gasteiger partial charge is 0.265 e. The maximum absolute atomic E-state index is 12.0. The van der Waals surface area contributed by atoms with Crippen molar-refractivity contribution < 1.29 is 4.79 Å². The van der Waals surface area contributed by atoms with Gasteiger partial charge in [-0.1, -0.05) is 11.6 Å². The first-order chi connectivity index (χ1) is 10.5. The van der Waals surface area contributed by atoms with E-state index in [1.54, 1.807) is 29.2 Å². The summed E-state index contributed by atoms with van der Waals surface area (Å²) >= 11 is 7.04.